The number of anilines is 1. The zero-order valence-electron chi connectivity index (χ0n) is 14.9. The molecule has 4 N–H and O–H groups in total. The van der Waals surface area contributed by atoms with Crippen molar-refractivity contribution >= 4 is 23.4 Å². The van der Waals surface area contributed by atoms with E-state index in [4.69, 9.17) is 10.8 Å². The SMILES string of the molecule is N=C1CCCN1C(=N)c1cccc(NC(=O)c2cc3c(cn2)CCNC3)n1. The van der Waals surface area contributed by atoms with Gasteiger partial charge in [0.1, 0.15) is 23.0 Å². The van der Waals surface area contributed by atoms with Gasteiger partial charge in [0, 0.05) is 25.7 Å². The molecule has 4 heterocycles. The van der Waals surface area contributed by atoms with Gasteiger partial charge in [0.25, 0.3) is 5.91 Å². The molecule has 0 atom stereocenters. The minimum atomic E-state index is -0.325. The third-order valence-electron chi connectivity index (χ3n) is 4.83. The lowest BCUT2D eigenvalue weighted by Gasteiger charge is -2.18. The monoisotopic (exact) mass is 363 g/mol. The molecule has 0 saturated carbocycles. The fourth-order valence-corrected chi connectivity index (χ4v) is 3.36. The average Bonchev–Trinajstić information content (AvgIpc) is 3.13. The highest BCUT2D eigenvalue weighted by molar-refractivity contribution is 6.07. The minimum absolute atomic E-state index is 0.187. The summed E-state index contributed by atoms with van der Waals surface area (Å²) < 4.78 is 0. The number of rotatable bonds is 3. The number of carbonyl (C=O) groups excluding carboxylic acids is 1. The zero-order valence-corrected chi connectivity index (χ0v) is 14.9. The smallest absolute Gasteiger partial charge is 0.275 e. The molecule has 8 nitrogen and oxygen atoms in total. The third-order valence-corrected chi connectivity index (χ3v) is 4.83. The standard InChI is InChI=1S/C19H21N7O/c20-16-4-2-8-26(16)18(21)14-3-1-5-17(24-14)25-19(27)15-9-13-10-22-7-6-12(13)11-23-15/h1,3,5,9,11,20-22H,2,4,6-8,10H2,(H,24,25,27). The van der Waals surface area contributed by atoms with Crippen LogP contribution in [0.2, 0.25) is 0 Å². The van der Waals surface area contributed by atoms with E-state index in [-0.39, 0.29) is 11.7 Å². The Morgan fingerprint density at radius 1 is 1.22 bits per heavy atom. The Morgan fingerprint density at radius 3 is 2.93 bits per heavy atom. The molecular weight excluding hydrogens is 342 g/mol. The molecule has 1 saturated heterocycles. The molecule has 0 spiro atoms. The highest BCUT2D eigenvalue weighted by Crippen LogP contribution is 2.17. The number of nitrogens with zero attached hydrogens (tertiary/aromatic N) is 3. The van der Waals surface area contributed by atoms with Crippen LogP contribution in [0.5, 0.6) is 0 Å². The Hall–Kier alpha value is -3.13. The van der Waals surface area contributed by atoms with Gasteiger partial charge in [-0.25, -0.2) is 4.98 Å². The first-order valence-electron chi connectivity index (χ1n) is 9.02. The van der Waals surface area contributed by atoms with Gasteiger partial charge in [-0.3, -0.25) is 20.6 Å². The number of fused-ring (bicyclic) bond motifs is 1. The van der Waals surface area contributed by atoms with Crippen molar-refractivity contribution in [1.29, 1.82) is 10.8 Å². The lowest BCUT2D eigenvalue weighted by Crippen LogP contribution is -2.32. The van der Waals surface area contributed by atoms with E-state index in [2.05, 4.69) is 20.6 Å². The van der Waals surface area contributed by atoms with Gasteiger partial charge in [-0.15, -0.1) is 0 Å². The molecule has 2 aliphatic rings. The maximum absolute atomic E-state index is 12.6. The molecule has 1 amide bonds. The Labute approximate surface area is 157 Å². The van der Waals surface area contributed by atoms with Gasteiger partial charge < -0.3 is 15.5 Å². The first kappa shape index (κ1) is 17.3. The molecule has 0 aromatic carbocycles. The molecule has 0 aliphatic carbocycles. The van der Waals surface area contributed by atoms with Gasteiger partial charge in [-0.05, 0) is 48.7 Å². The summed E-state index contributed by atoms with van der Waals surface area (Å²) in [5.41, 5.74) is 3.05. The Bertz CT molecular complexity index is 924. The quantitative estimate of drug-likeness (QED) is 0.490. The number of nitrogens with one attached hydrogen (secondary N) is 4. The van der Waals surface area contributed by atoms with Crippen LogP contribution in [0.3, 0.4) is 0 Å². The maximum atomic E-state index is 12.6. The van der Waals surface area contributed by atoms with E-state index < -0.39 is 0 Å². The second-order valence-electron chi connectivity index (χ2n) is 6.68. The summed E-state index contributed by atoms with van der Waals surface area (Å²) >= 11 is 0. The molecule has 0 bridgehead atoms. The molecule has 2 aromatic heterocycles. The largest absolute Gasteiger partial charge is 0.314 e. The van der Waals surface area contributed by atoms with Crippen molar-refractivity contribution in [2.75, 3.05) is 18.4 Å². The summed E-state index contributed by atoms with van der Waals surface area (Å²) in [4.78, 5) is 22.8. The van der Waals surface area contributed by atoms with Gasteiger partial charge in [-0.1, -0.05) is 6.07 Å². The highest BCUT2D eigenvalue weighted by Gasteiger charge is 2.23. The topological polar surface area (TPSA) is 118 Å². The van der Waals surface area contributed by atoms with E-state index in [9.17, 15) is 4.79 Å². The minimum Gasteiger partial charge on any atom is -0.314 e. The van der Waals surface area contributed by atoms with Gasteiger partial charge in [-0.2, -0.15) is 0 Å². The van der Waals surface area contributed by atoms with Crippen molar-refractivity contribution in [3.05, 3.63) is 53.0 Å². The van der Waals surface area contributed by atoms with E-state index in [1.54, 1.807) is 29.3 Å². The maximum Gasteiger partial charge on any atom is 0.275 e. The molecule has 138 valence electrons. The number of hydrogen-bond donors (Lipinski definition) is 4. The fraction of sp³-hybridized carbons (Fsp3) is 0.316. The summed E-state index contributed by atoms with van der Waals surface area (Å²) in [6.45, 7) is 2.32. The van der Waals surface area contributed by atoms with Crippen molar-refractivity contribution in [1.82, 2.24) is 20.2 Å². The van der Waals surface area contributed by atoms with E-state index in [1.807, 2.05) is 6.07 Å². The molecule has 2 aromatic rings. The normalized spacial score (nSPS) is 16.1. The van der Waals surface area contributed by atoms with Crippen LogP contribution >= 0.6 is 0 Å². The molecule has 0 unspecified atom stereocenters. The van der Waals surface area contributed by atoms with Crippen molar-refractivity contribution in [2.24, 2.45) is 0 Å². The number of pyridine rings is 2. The number of carbonyl (C=O) groups is 1. The molecule has 27 heavy (non-hydrogen) atoms. The highest BCUT2D eigenvalue weighted by atomic mass is 16.1. The van der Waals surface area contributed by atoms with Crippen LogP contribution < -0.4 is 10.6 Å². The molecule has 0 radical (unpaired) electrons. The average molecular weight is 363 g/mol. The van der Waals surface area contributed by atoms with Crippen molar-refractivity contribution in [2.45, 2.75) is 25.8 Å². The van der Waals surface area contributed by atoms with Crippen LogP contribution in [0.1, 0.15) is 40.2 Å². The number of hydrogen-bond acceptors (Lipinski definition) is 6. The molecular formula is C19H21N7O. The predicted octanol–water partition coefficient (Wildman–Crippen LogP) is 1.77. The van der Waals surface area contributed by atoms with Crippen LogP contribution in [-0.4, -0.2) is 45.5 Å². The van der Waals surface area contributed by atoms with E-state index in [1.165, 1.54) is 5.56 Å². The number of amidine groups is 2. The van der Waals surface area contributed by atoms with Crippen molar-refractivity contribution in [3.8, 4) is 0 Å². The van der Waals surface area contributed by atoms with Crippen LogP contribution in [0, 0.1) is 10.8 Å². The molecule has 8 heteroatoms. The van der Waals surface area contributed by atoms with Gasteiger partial charge in [0.05, 0.1) is 0 Å². The van der Waals surface area contributed by atoms with Crippen LogP contribution in [0.15, 0.2) is 30.5 Å². The zero-order chi connectivity index (χ0) is 18.8. The summed E-state index contributed by atoms with van der Waals surface area (Å²) in [6, 6.07) is 6.96. The molecule has 4 rings (SSSR count). The first-order chi connectivity index (χ1) is 13.1. The Morgan fingerprint density at radius 2 is 2.11 bits per heavy atom. The van der Waals surface area contributed by atoms with Crippen molar-refractivity contribution in [3.63, 3.8) is 0 Å². The lowest BCUT2D eigenvalue weighted by molar-refractivity contribution is 0.102. The van der Waals surface area contributed by atoms with Crippen molar-refractivity contribution < 1.29 is 4.79 Å². The van der Waals surface area contributed by atoms with Gasteiger partial charge in [0.2, 0.25) is 0 Å². The van der Waals surface area contributed by atoms with E-state index >= 15 is 0 Å². The Balaban J connectivity index is 1.50. The predicted molar refractivity (Wildman–Crippen MR) is 102 cm³/mol. The Kier molecular flexibility index (Phi) is 4.64. The summed E-state index contributed by atoms with van der Waals surface area (Å²) in [6.07, 6.45) is 4.24. The van der Waals surface area contributed by atoms with Gasteiger partial charge in [0.15, 0.2) is 5.84 Å². The summed E-state index contributed by atoms with van der Waals surface area (Å²) in [7, 11) is 0. The van der Waals surface area contributed by atoms with Gasteiger partial charge >= 0.3 is 0 Å². The summed E-state index contributed by atoms with van der Waals surface area (Å²) in [5.74, 6) is 0.661. The van der Waals surface area contributed by atoms with Crippen LogP contribution in [0.4, 0.5) is 5.82 Å². The number of aromatic nitrogens is 2. The van der Waals surface area contributed by atoms with E-state index in [0.29, 0.717) is 36.0 Å². The van der Waals surface area contributed by atoms with Crippen LogP contribution in [0.25, 0.3) is 0 Å². The molecule has 1 fully saturated rings. The summed E-state index contributed by atoms with van der Waals surface area (Å²) in [5, 5.41) is 22.3. The number of amides is 1. The van der Waals surface area contributed by atoms with E-state index in [0.717, 1.165) is 31.5 Å². The fourth-order valence-electron chi connectivity index (χ4n) is 3.36. The first-order valence-corrected chi connectivity index (χ1v) is 9.02. The number of likely N-dealkylation sites (tertiary alicyclic amines) is 1. The lowest BCUT2D eigenvalue weighted by atomic mass is 10.0. The molecule has 2 aliphatic heterocycles. The van der Waals surface area contributed by atoms with Crippen LogP contribution in [-0.2, 0) is 13.0 Å². The second-order valence-corrected chi connectivity index (χ2v) is 6.68. The second kappa shape index (κ2) is 7.24. The third kappa shape index (κ3) is 3.56.